The van der Waals surface area contributed by atoms with Crippen molar-refractivity contribution in [1.82, 2.24) is 0 Å². The molecule has 1 N–H and O–H groups in total. The molecule has 0 bridgehead atoms. The van der Waals surface area contributed by atoms with Crippen LogP contribution in [-0.4, -0.2) is 41.7 Å². The standard InChI is InChI=1S/C27H28O5/c28-19-27-25(31-18-22-14-8-3-9-15-22)23(29-16-20-10-4-1-5-11-20)24(26(27)32-27)30-17-21-12-6-2-7-13-21/h1-15,23-26,28H,16-19H2/t23-,24-,25+,26+,27-/m1/s1. The van der Waals surface area contributed by atoms with Gasteiger partial charge in [-0.1, -0.05) is 91.0 Å². The Balaban J connectivity index is 1.34. The van der Waals surface area contributed by atoms with E-state index in [2.05, 4.69) is 0 Å². The fourth-order valence-electron chi connectivity index (χ4n) is 4.51. The number of aliphatic hydroxyl groups is 1. The molecule has 0 aromatic heterocycles. The van der Waals surface area contributed by atoms with Gasteiger partial charge in [0.25, 0.3) is 0 Å². The predicted molar refractivity (Wildman–Crippen MR) is 120 cm³/mol. The summed E-state index contributed by atoms with van der Waals surface area (Å²) in [6.07, 6.45) is -1.36. The van der Waals surface area contributed by atoms with Gasteiger partial charge in [-0.15, -0.1) is 0 Å². The fourth-order valence-corrected chi connectivity index (χ4v) is 4.51. The molecule has 1 saturated carbocycles. The van der Waals surface area contributed by atoms with E-state index in [0.717, 1.165) is 16.7 Å². The average Bonchev–Trinajstić information content (AvgIpc) is 3.53. The third kappa shape index (κ3) is 4.35. The number of rotatable bonds is 10. The van der Waals surface area contributed by atoms with E-state index >= 15 is 0 Å². The van der Waals surface area contributed by atoms with Crippen molar-refractivity contribution in [3.63, 3.8) is 0 Å². The molecule has 5 rings (SSSR count). The number of benzene rings is 3. The summed E-state index contributed by atoms with van der Waals surface area (Å²) in [6.45, 7) is 1.17. The lowest BCUT2D eigenvalue weighted by Crippen LogP contribution is -2.44. The maximum atomic E-state index is 10.2. The molecular formula is C27H28O5. The van der Waals surface area contributed by atoms with Gasteiger partial charge in [0, 0.05) is 0 Å². The van der Waals surface area contributed by atoms with Crippen LogP contribution in [0.3, 0.4) is 0 Å². The molecule has 1 saturated heterocycles. The Labute approximate surface area is 188 Å². The van der Waals surface area contributed by atoms with E-state index in [-0.39, 0.29) is 24.9 Å². The zero-order chi connectivity index (χ0) is 21.8. The first-order chi connectivity index (χ1) is 15.8. The molecule has 1 aliphatic heterocycles. The van der Waals surface area contributed by atoms with Crippen molar-refractivity contribution in [3.8, 4) is 0 Å². The Morgan fingerprint density at radius 2 is 1.06 bits per heavy atom. The van der Waals surface area contributed by atoms with Gasteiger partial charge in [-0.3, -0.25) is 0 Å². The SMILES string of the molecule is OC[C@]12O[C@H]1[C@H](OCc1ccccc1)[C@@H](OCc1ccccc1)[C@@H]2OCc1ccccc1. The van der Waals surface area contributed by atoms with Crippen LogP contribution in [0.5, 0.6) is 0 Å². The summed E-state index contributed by atoms with van der Waals surface area (Å²) >= 11 is 0. The van der Waals surface area contributed by atoms with Crippen LogP contribution in [0.2, 0.25) is 0 Å². The quantitative estimate of drug-likeness (QED) is 0.493. The van der Waals surface area contributed by atoms with E-state index in [1.54, 1.807) is 0 Å². The van der Waals surface area contributed by atoms with Crippen molar-refractivity contribution >= 4 is 0 Å². The largest absolute Gasteiger partial charge is 0.393 e. The van der Waals surface area contributed by atoms with Crippen LogP contribution in [0.4, 0.5) is 0 Å². The number of fused-ring (bicyclic) bond motifs is 1. The maximum Gasteiger partial charge on any atom is 0.149 e. The third-order valence-corrected chi connectivity index (χ3v) is 6.26. The number of hydrogen-bond donors (Lipinski definition) is 1. The van der Waals surface area contributed by atoms with Crippen molar-refractivity contribution in [2.24, 2.45) is 0 Å². The van der Waals surface area contributed by atoms with Crippen molar-refractivity contribution in [2.75, 3.05) is 6.61 Å². The van der Waals surface area contributed by atoms with Gasteiger partial charge in [-0.05, 0) is 16.7 Å². The normalized spacial score (nSPS) is 28.4. The molecule has 5 nitrogen and oxygen atoms in total. The first-order valence-electron chi connectivity index (χ1n) is 11.1. The molecule has 166 valence electrons. The van der Waals surface area contributed by atoms with Crippen LogP contribution in [0.15, 0.2) is 91.0 Å². The Morgan fingerprint density at radius 1 is 0.625 bits per heavy atom. The minimum atomic E-state index is -0.780. The van der Waals surface area contributed by atoms with Gasteiger partial charge in [-0.25, -0.2) is 0 Å². The summed E-state index contributed by atoms with van der Waals surface area (Å²) in [5, 5.41) is 10.2. The molecule has 5 atom stereocenters. The lowest BCUT2D eigenvalue weighted by Gasteiger charge is -2.30. The van der Waals surface area contributed by atoms with Crippen LogP contribution in [-0.2, 0) is 38.8 Å². The minimum Gasteiger partial charge on any atom is -0.393 e. The number of ether oxygens (including phenoxy) is 4. The van der Waals surface area contributed by atoms with E-state index < -0.39 is 11.7 Å². The van der Waals surface area contributed by atoms with Gasteiger partial charge in [0.2, 0.25) is 0 Å². The van der Waals surface area contributed by atoms with E-state index in [4.69, 9.17) is 18.9 Å². The van der Waals surface area contributed by atoms with E-state index in [9.17, 15) is 5.11 Å². The highest BCUT2D eigenvalue weighted by Gasteiger charge is 2.75. The van der Waals surface area contributed by atoms with Crippen molar-refractivity contribution in [2.45, 2.75) is 49.8 Å². The molecule has 0 unspecified atom stereocenters. The molecule has 1 heterocycles. The Bertz CT molecular complexity index is 981. The lowest BCUT2D eigenvalue weighted by atomic mass is 10.1. The van der Waals surface area contributed by atoms with Gasteiger partial charge in [-0.2, -0.15) is 0 Å². The monoisotopic (exact) mass is 432 g/mol. The topological polar surface area (TPSA) is 60.5 Å². The Morgan fingerprint density at radius 3 is 1.53 bits per heavy atom. The minimum absolute atomic E-state index is 0.131. The molecule has 1 aliphatic carbocycles. The number of epoxide rings is 1. The Kier molecular flexibility index (Phi) is 6.35. The molecule has 0 radical (unpaired) electrons. The highest BCUT2D eigenvalue weighted by molar-refractivity contribution is 5.24. The molecule has 0 spiro atoms. The van der Waals surface area contributed by atoms with Crippen LogP contribution in [0.25, 0.3) is 0 Å². The van der Waals surface area contributed by atoms with Gasteiger partial charge >= 0.3 is 0 Å². The number of aliphatic hydroxyl groups excluding tert-OH is 1. The van der Waals surface area contributed by atoms with E-state index in [1.165, 1.54) is 0 Å². The zero-order valence-corrected chi connectivity index (χ0v) is 17.9. The van der Waals surface area contributed by atoms with Crippen LogP contribution in [0, 0.1) is 0 Å². The smallest absolute Gasteiger partial charge is 0.149 e. The molecule has 0 amide bonds. The first kappa shape index (κ1) is 21.3. The van der Waals surface area contributed by atoms with Gasteiger partial charge in [0.1, 0.15) is 30.0 Å². The van der Waals surface area contributed by atoms with Gasteiger partial charge < -0.3 is 24.1 Å². The van der Waals surface area contributed by atoms with E-state index in [1.807, 2.05) is 91.0 Å². The number of hydrogen-bond acceptors (Lipinski definition) is 5. The van der Waals surface area contributed by atoms with Crippen LogP contribution in [0.1, 0.15) is 16.7 Å². The molecule has 2 aliphatic rings. The first-order valence-corrected chi connectivity index (χ1v) is 11.1. The average molecular weight is 433 g/mol. The molecular weight excluding hydrogens is 404 g/mol. The van der Waals surface area contributed by atoms with Gasteiger partial charge in [0.05, 0.1) is 26.4 Å². The second-order valence-corrected chi connectivity index (χ2v) is 8.39. The molecule has 2 fully saturated rings. The zero-order valence-electron chi connectivity index (χ0n) is 17.9. The summed E-state index contributed by atoms with van der Waals surface area (Å²) in [5.74, 6) is 0. The summed E-state index contributed by atoms with van der Waals surface area (Å²) < 4.78 is 25.0. The molecule has 32 heavy (non-hydrogen) atoms. The summed E-state index contributed by atoms with van der Waals surface area (Å²) in [7, 11) is 0. The van der Waals surface area contributed by atoms with E-state index in [0.29, 0.717) is 19.8 Å². The van der Waals surface area contributed by atoms with Crippen molar-refractivity contribution in [3.05, 3.63) is 108 Å². The maximum absolute atomic E-state index is 10.2. The highest BCUT2D eigenvalue weighted by Crippen LogP contribution is 2.53. The summed E-state index contributed by atoms with van der Waals surface area (Å²) in [6, 6.07) is 30.1. The van der Waals surface area contributed by atoms with Gasteiger partial charge in [0.15, 0.2) is 0 Å². The second kappa shape index (κ2) is 9.53. The second-order valence-electron chi connectivity index (χ2n) is 8.39. The lowest BCUT2D eigenvalue weighted by molar-refractivity contribution is -0.167. The van der Waals surface area contributed by atoms with Crippen LogP contribution >= 0.6 is 0 Å². The van der Waals surface area contributed by atoms with Crippen molar-refractivity contribution < 1.29 is 24.1 Å². The Hall–Kier alpha value is -2.54. The summed E-state index contributed by atoms with van der Waals surface area (Å²) in [5.41, 5.74) is 2.44. The van der Waals surface area contributed by atoms with Crippen molar-refractivity contribution in [1.29, 1.82) is 0 Å². The fraction of sp³-hybridized carbons (Fsp3) is 0.333. The van der Waals surface area contributed by atoms with Crippen LogP contribution < -0.4 is 0 Å². The molecule has 3 aromatic carbocycles. The molecule has 5 heteroatoms. The third-order valence-electron chi connectivity index (χ3n) is 6.26. The highest BCUT2D eigenvalue weighted by atomic mass is 16.7. The molecule has 3 aromatic rings. The summed E-state index contributed by atoms with van der Waals surface area (Å²) in [4.78, 5) is 0. The predicted octanol–water partition coefficient (Wildman–Crippen LogP) is 3.89.